The number of thiophene rings is 1. The number of carbonyl (C=O) groups excluding carboxylic acids is 2. The monoisotopic (exact) mass is 388 g/mol. The summed E-state index contributed by atoms with van der Waals surface area (Å²) >= 11 is 1.39. The van der Waals surface area contributed by atoms with Crippen molar-refractivity contribution in [2.24, 2.45) is 0 Å². The second-order valence-corrected chi connectivity index (χ2v) is 7.15. The Hall–Kier alpha value is -2.92. The molecule has 1 aliphatic carbocycles. The molecule has 1 atom stereocenters. The first-order chi connectivity index (χ1) is 13.0. The van der Waals surface area contributed by atoms with E-state index >= 15 is 0 Å². The number of benzene rings is 1. The second kappa shape index (κ2) is 8.18. The summed E-state index contributed by atoms with van der Waals surface area (Å²) in [6.45, 7) is 0.991. The topological polar surface area (TPSA) is 88.4 Å². The third-order valence-electron chi connectivity index (χ3n) is 4.09. The van der Waals surface area contributed by atoms with Crippen molar-refractivity contribution in [2.45, 2.75) is 32.3 Å². The van der Waals surface area contributed by atoms with Crippen molar-refractivity contribution in [3.63, 3.8) is 0 Å². The maximum absolute atomic E-state index is 12.9. The summed E-state index contributed by atoms with van der Waals surface area (Å²) in [7, 11) is 0. The number of anilines is 1. The molecule has 0 fully saturated rings. The fourth-order valence-corrected chi connectivity index (χ4v) is 4.05. The smallest absolute Gasteiger partial charge is 0.347 e. The molecule has 6 nitrogen and oxygen atoms in total. The van der Waals surface area contributed by atoms with Gasteiger partial charge in [-0.2, -0.15) is 5.26 Å². The average molecular weight is 388 g/mol. The Balaban J connectivity index is 1.51. The van der Waals surface area contributed by atoms with Gasteiger partial charge in [-0.3, -0.25) is 4.79 Å². The predicted octanol–water partition coefficient (Wildman–Crippen LogP) is 3.20. The molecule has 0 saturated carbocycles. The molecule has 0 unspecified atom stereocenters. The molecule has 0 spiro atoms. The highest BCUT2D eigenvalue weighted by molar-refractivity contribution is 7.16. The number of aryl methyl sites for hydroxylation is 1. The lowest BCUT2D eigenvalue weighted by Crippen LogP contribution is -2.29. The van der Waals surface area contributed by atoms with Crippen molar-refractivity contribution < 1.29 is 23.5 Å². The summed E-state index contributed by atoms with van der Waals surface area (Å²) in [6, 6.07) is 7.35. The van der Waals surface area contributed by atoms with Crippen LogP contribution in [-0.4, -0.2) is 24.6 Å². The van der Waals surface area contributed by atoms with Gasteiger partial charge in [0, 0.05) is 4.88 Å². The van der Waals surface area contributed by atoms with Crippen molar-refractivity contribution in [2.75, 3.05) is 11.9 Å². The van der Waals surface area contributed by atoms with Crippen LogP contribution in [0.5, 0.6) is 5.75 Å². The molecule has 0 bridgehead atoms. The summed E-state index contributed by atoms with van der Waals surface area (Å²) < 4.78 is 23.2. The highest BCUT2D eigenvalue weighted by Gasteiger charge is 2.24. The zero-order valence-corrected chi connectivity index (χ0v) is 15.4. The van der Waals surface area contributed by atoms with E-state index in [1.54, 1.807) is 0 Å². The normalized spacial score (nSPS) is 13.4. The third-order valence-corrected chi connectivity index (χ3v) is 5.30. The number of hydrogen-bond acceptors (Lipinski definition) is 6. The van der Waals surface area contributed by atoms with Gasteiger partial charge in [-0.25, -0.2) is 9.18 Å². The van der Waals surface area contributed by atoms with Gasteiger partial charge in [-0.05, 0) is 56.0 Å². The number of ether oxygens (including phenoxy) is 2. The van der Waals surface area contributed by atoms with Crippen LogP contribution in [0.1, 0.15) is 29.3 Å². The maximum atomic E-state index is 12.9. The number of amides is 1. The quantitative estimate of drug-likeness (QED) is 0.768. The van der Waals surface area contributed by atoms with Crippen LogP contribution in [0.2, 0.25) is 0 Å². The molecule has 0 aliphatic heterocycles. The van der Waals surface area contributed by atoms with E-state index in [2.05, 4.69) is 11.4 Å². The molecule has 1 heterocycles. The van der Waals surface area contributed by atoms with Gasteiger partial charge in [0.1, 0.15) is 22.6 Å². The van der Waals surface area contributed by atoms with Crippen molar-refractivity contribution in [1.82, 2.24) is 0 Å². The molecule has 0 saturated heterocycles. The minimum Gasteiger partial charge on any atom is -0.479 e. The average Bonchev–Trinajstić information content (AvgIpc) is 3.22. The minimum atomic E-state index is -0.955. The molecular weight excluding hydrogens is 371 g/mol. The van der Waals surface area contributed by atoms with Crippen molar-refractivity contribution in [1.29, 1.82) is 5.26 Å². The maximum Gasteiger partial charge on any atom is 0.347 e. The molecule has 27 heavy (non-hydrogen) atoms. The Morgan fingerprint density at radius 1 is 1.33 bits per heavy atom. The number of nitrogens with zero attached hydrogens (tertiary/aromatic N) is 1. The summed E-state index contributed by atoms with van der Waals surface area (Å²) in [5.41, 5.74) is 1.51. The van der Waals surface area contributed by atoms with E-state index in [0.29, 0.717) is 16.3 Å². The number of hydrogen-bond donors (Lipinski definition) is 1. The van der Waals surface area contributed by atoms with E-state index in [1.807, 2.05) is 0 Å². The van der Waals surface area contributed by atoms with Crippen LogP contribution < -0.4 is 10.1 Å². The SMILES string of the molecule is C[C@@H](Oc1ccc(F)cc1)C(=O)OCC(=O)Nc1sc2c(c1C#N)CCC2. The van der Waals surface area contributed by atoms with Crippen molar-refractivity contribution >= 4 is 28.2 Å². The lowest BCUT2D eigenvalue weighted by Gasteiger charge is -2.13. The highest BCUT2D eigenvalue weighted by atomic mass is 32.1. The van der Waals surface area contributed by atoms with E-state index in [9.17, 15) is 19.2 Å². The Labute approximate surface area is 159 Å². The molecule has 1 aromatic heterocycles. The van der Waals surface area contributed by atoms with E-state index in [0.717, 1.165) is 29.7 Å². The summed E-state index contributed by atoms with van der Waals surface area (Å²) in [5, 5.41) is 12.5. The van der Waals surface area contributed by atoms with Crippen LogP contribution in [0, 0.1) is 17.1 Å². The predicted molar refractivity (Wildman–Crippen MR) is 97.1 cm³/mol. The number of rotatable bonds is 6. The van der Waals surface area contributed by atoms with Gasteiger partial charge in [0.15, 0.2) is 12.7 Å². The first-order valence-electron chi connectivity index (χ1n) is 8.41. The van der Waals surface area contributed by atoms with Crippen LogP contribution in [0.25, 0.3) is 0 Å². The molecule has 1 amide bonds. The Kier molecular flexibility index (Phi) is 5.72. The fraction of sp³-hybridized carbons (Fsp3) is 0.316. The summed E-state index contributed by atoms with van der Waals surface area (Å²) in [5.74, 6) is -1.33. The molecule has 1 N–H and O–H groups in total. The van der Waals surface area contributed by atoms with E-state index in [4.69, 9.17) is 9.47 Å². The Bertz CT molecular complexity index is 902. The van der Waals surface area contributed by atoms with Crippen LogP contribution >= 0.6 is 11.3 Å². The van der Waals surface area contributed by atoms with Gasteiger partial charge in [0.25, 0.3) is 5.91 Å². The van der Waals surface area contributed by atoms with Crippen LogP contribution in [0.3, 0.4) is 0 Å². The van der Waals surface area contributed by atoms with Gasteiger partial charge in [-0.15, -0.1) is 11.3 Å². The van der Waals surface area contributed by atoms with Gasteiger partial charge < -0.3 is 14.8 Å². The molecule has 0 radical (unpaired) electrons. The molecule has 3 rings (SSSR count). The van der Waals surface area contributed by atoms with Gasteiger partial charge in [-0.1, -0.05) is 0 Å². The number of halogens is 1. The molecule has 2 aromatic rings. The number of esters is 1. The zero-order valence-electron chi connectivity index (χ0n) is 14.6. The molecular formula is C19H17FN2O4S. The number of nitrogens with one attached hydrogen (secondary N) is 1. The Morgan fingerprint density at radius 2 is 2.07 bits per heavy atom. The van der Waals surface area contributed by atoms with Gasteiger partial charge in [0.05, 0.1) is 5.56 Å². The minimum absolute atomic E-state index is 0.317. The molecule has 8 heteroatoms. The number of fused-ring (bicyclic) bond motifs is 1. The standard InChI is InChI=1S/C19H17FN2O4S/c1-11(26-13-7-5-12(20)6-8-13)19(24)25-10-17(23)22-18-15(9-21)14-3-2-4-16(14)27-18/h5-8,11H,2-4,10H2,1H3,(H,22,23)/t11-/m1/s1. The lowest BCUT2D eigenvalue weighted by atomic mass is 10.1. The third kappa shape index (κ3) is 4.44. The van der Waals surface area contributed by atoms with E-state index in [1.165, 1.54) is 42.5 Å². The molecule has 140 valence electrons. The zero-order chi connectivity index (χ0) is 19.4. The number of nitriles is 1. The number of carbonyl (C=O) groups is 2. The van der Waals surface area contributed by atoms with E-state index < -0.39 is 30.4 Å². The lowest BCUT2D eigenvalue weighted by molar-refractivity contribution is -0.153. The Morgan fingerprint density at radius 3 is 2.78 bits per heavy atom. The van der Waals surface area contributed by atoms with Crippen molar-refractivity contribution in [3.05, 3.63) is 46.1 Å². The van der Waals surface area contributed by atoms with E-state index in [-0.39, 0.29) is 0 Å². The first kappa shape index (κ1) is 18.9. The largest absolute Gasteiger partial charge is 0.479 e. The fourth-order valence-electron chi connectivity index (χ4n) is 2.79. The van der Waals surface area contributed by atoms with Gasteiger partial charge in [0.2, 0.25) is 0 Å². The second-order valence-electron chi connectivity index (χ2n) is 6.04. The van der Waals surface area contributed by atoms with Crippen molar-refractivity contribution in [3.8, 4) is 11.8 Å². The highest BCUT2D eigenvalue weighted by Crippen LogP contribution is 2.38. The molecule has 1 aromatic carbocycles. The van der Waals surface area contributed by atoms with Gasteiger partial charge >= 0.3 is 5.97 Å². The first-order valence-corrected chi connectivity index (χ1v) is 9.23. The van der Waals surface area contributed by atoms with Crippen LogP contribution in [0.4, 0.5) is 9.39 Å². The van der Waals surface area contributed by atoms with Crippen LogP contribution in [-0.2, 0) is 27.2 Å². The summed E-state index contributed by atoms with van der Waals surface area (Å²) in [6.07, 6.45) is 1.83. The molecule has 1 aliphatic rings. The van der Waals surface area contributed by atoms with Crippen LogP contribution in [0.15, 0.2) is 24.3 Å². The summed E-state index contributed by atoms with van der Waals surface area (Å²) in [4.78, 5) is 25.1.